The molecule has 4 atom stereocenters. The Labute approximate surface area is 156 Å². The zero-order valence-corrected chi connectivity index (χ0v) is 14.7. The molecule has 3 aromatic rings. The molecule has 3 aromatic heterocycles. The van der Waals surface area contributed by atoms with E-state index in [9.17, 15) is 15.3 Å². The summed E-state index contributed by atoms with van der Waals surface area (Å²) in [6, 6.07) is 3.80. The van der Waals surface area contributed by atoms with Gasteiger partial charge in [-0.2, -0.15) is 5.10 Å². The highest BCUT2D eigenvalue weighted by Crippen LogP contribution is 2.35. The minimum absolute atomic E-state index is 0.149. The van der Waals surface area contributed by atoms with Crippen LogP contribution in [0.1, 0.15) is 11.1 Å². The second-order valence-electron chi connectivity index (χ2n) is 5.85. The number of nitrogens with zero attached hydrogens (tertiary/aromatic N) is 5. The van der Waals surface area contributed by atoms with Crippen molar-refractivity contribution in [2.75, 3.05) is 17.8 Å². The zero-order chi connectivity index (χ0) is 19.0. The first kappa shape index (κ1) is 17.8. The van der Waals surface area contributed by atoms with Crippen LogP contribution >= 0.6 is 11.3 Å². The van der Waals surface area contributed by atoms with Crippen molar-refractivity contribution in [3.63, 3.8) is 0 Å². The first-order valence-electron chi connectivity index (χ1n) is 8.03. The van der Waals surface area contributed by atoms with Crippen LogP contribution in [0.5, 0.6) is 0 Å². The molecule has 0 aromatic carbocycles. The molecule has 4 unspecified atom stereocenters. The maximum atomic E-state index is 10.4. The van der Waals surface area contributed by atoms with Gasteiger partial charge < -0.3 is 25.8 Å². The number of aliphatic hydroxyl groups excluding tert-OH is 3. The average molecular weight is 391 g/mol. The predicted molar refractivity (Wildman–Crippen MR) is 98.3 cm³/mol. The SMILES string of the molecule is Nc1ncnc2c1nc(N/N=C/c1cccs1)n2C1OC(CO)C(O)C1O. The van der Waals surface area contributed by atoms with E-state index in [0.29, 0.717) is 11.2 Å². The largest absolute Gasteiger partial charge is 0.394 e. The van der Waals surface area contributed by atoms with Crippen molar-refractivity contribution in [2.24, 2.45) is 5.10 Å². The molecule has 1 fully saturated rings. The molecule has 6 N–H and O–H groups in total. The van der Waals surface area contributed by atoms with Crippen LogP contribution < -0.4 is 11.2 Å². The monoisotopic (exact) mass is 391 g/mol. The molecule has 1 aliphatic heterocycles. The standard InChI is InChI=1S/C15H17N7O4S/c16-12-9-13(18-6-17-12)22(14-11(25)10(24)8(5-23)26-14)15(20-9)21-19-4-7-2-1-3-27-7/h1-4,6,8,10-11,14,23-25H,5H2,(H,20,21)(H2,16,17,18)/b19-4+. The quantitative estimate of drug-likeness (QED) is 0.285. The van der Waals surface area contributed by atoms with Crippen LogP contribution in [0.25, 0.3) is 11.2 Å². The van der Waals surface area contributed by atoms with Gasteiger partial charge >= 0.3 is 0 Å². The number of hydrogen-bond acceptors (Lipinski definition) is 11. The van der Waals surface area contributed by atoms with Crippen molar-refractivity contribution in [3.05, 3.63) is 28.7 Å². The number of hydrazone groups is 1. The van der Waals surface area contributed by atoms with E-state index in [2.05, 4.69) is 25.5 Å². The third-order valence-corrected chi connectivity index (χ3v) is 4.98. The van der Waals surface area contributed by atoms with Gasteiger partial charge in [-0.05, 0) is 11.4 Å². The molecule has 27 heavy (non-hydrogen) atoms. The highest BCUT2D eigenvalue weighted by atomic mass is 32.1. The van der Waals surface area contributed by atoms with Crippen LogP contribution in [0.4, 0.5) is 11.8 Å². The summed E-state index contributed by atoms with van der Waals surface area (Å²) in [5, 5.41) is 35.9. The summed E-state index contributed by atoms with van der Waals surface area (Å²) < 4.78 is 7.04. The number of ether oxygens (including phenoxy) is 1. The molecule has 1 aliphatic rings. The van der Waals surface area contributed by atoms with Crippen LogP contribution in [-0.4, -0.2) is 66.0 Å². The van der Waals surface area contributed by atoms with Crippen molar-refractivity contribution in [3.8, 4) is 0 Å². The lowest BCUT2D eigenvalue weighted by atomic mass is 10.1. The van der Waals surface area contributed by atoms with Gasteiger partial charge in [-0.15, -0.1) is 11.3 Å². The fraction of sp³-hybridized carbons (Fsp3) is 0.333. The Bertz CT molecular complexity index is 961. The van der Waals surface area contributed by atoms with E-state index in [4.69, 9.17) is 10.5 Å². The molecular formula is C15H17N7O4S. The molecule has 0 bridgehead atoms. The van der Waals surface area contributed by atoms with Crippen molar-refractivity contribution >= 4 is 40.5 Å². The summed E-state index contributed by atoms with van der Waals surface area (Å²) in [5.74, 6) is 0.343. The number of thiophene rings is 1. The Morgan fingerprint density at radius 3 is 2.93 bits per heavy atom. The van der Waals surface area contributed by atoms with Gasteiger partial charge in [0, 0.05) is 4.88 Å². The lowest BCUT2D eigenvalue weighted by molar-refractivity contribution is -0.0501. The first-order valence-corrected chi connectivity index (χ1v) is 8.91. The van der Waals surface area contributed by atoms with Crippen molar-refractivity contribution in [2.45, 2.75) is 24.5 Å². The molecule has 0 spiro atoms. The van der Waals surface area contributed by atoms with Crippen LogP contribution in [0.15, 0.2) is 28.9 Å². The van der Waals surface area contributed by atoms with Crippen LogP contribution in [0.3, 0.4) is 0 Å². The highest BCUT2D eigenvalue weighted by Gasteiger charge is 2.45. The number of nitrogens with one attached hydrogen (secondary N) is 1. The molecule has 11 nitrogen and oxygen atoms in total. The van der Waals surface area contributed by atoms with Gasteiger partial charge in [0.1, 0.15) is 24.6 Å². The summed E-state index contributed by atoms with van der Waals surface area (Å²) in [6.07, 6.45) is -1.69. The minimum Gasteiger partial charge on any atom is -0.394 e. The number of anilines is 2. The van der Waals surface area contributed by atoms with Crippen LogP contribution in [0, 0.1) is 0 Å². The Morgan fingerprint density at radius 2 is 2.22 bits per heavy atom. The summed E-state index contributed by atoms with van der Waals surface area (Å²) in [6.45, 7) is -0.447. The predicted octanol–water partition coefficient (Wildman–Crippen LogP) is -0.473. The smallest absolute Gasteiger partial charge is 0.228 e. The second-order valence-corrected chi connectivity index (χ2v) is 6.83. The lowest BCUT2D eigenvalue weighted by Gasteiger charge is -2.18. The molecule has 0 saturated carbocycles. The van der Waals surface area contributed by atoms with Crippen molar-refractivity contribution in [1.82, 2.24) is 19.5 Å². The van der Waals surface area contributed by atoms with E-state index in [0.717, 1.165) is 4.88 Å². The first-order chi connectivity index (χ1) is 13.1. The topological polar surface area (TPSA) is 164 Å². The van der Waals surface area contributed by atoms with E-state index in [1.165, 1.54) is 22.2 Å². The molecule has 0 radical (unpaired) electrons. The molecule has 12 heteroatoms. The maximum Gasteiger partial charge on any atom is 0.228 e. The number of nitrogens with two attached hydrogens (primary N) is 1. The van der Waals surface area contributed by atoms with E-state index in [1.807, 2.05) is 17.5 Å². The summed E-state index contributed by atoms with van der Waals surface area (Å²) in [4.78, 5) is 13.3. The van der Waals surface area contributed by atoms with E-state index in [-0.39, 0.29) is 11.8 Å². The van der Waals surface area contributed by atoms with E-state index < -0.39 is 31.1 Å². The van der Waals surface area contributed by atoms with Gasteiger partial charge in [-0.25, -0.2) is 20.4 Å². The number of fused-ring (bicyclic) bond motifs is 1. The Kier molecular flexibility index (Phi) is 4.72. The molecule has 4 rings (SSSR count). The van der Waals surface area contributed by atoms with Crippen molar-refractivity contribution < 1.29 is 20.1 Å². The number of hydrogen-bond donors (Lipinski definition) is 5. The summed E-state index contributed by atoms with van der Waals surface area (Å²) >= 11 is 1.51. The summed E-state index contributed by atoms with van der Waals surface area (Å²) in [7, 11) is 0. The number of rotatable bonds is 5. The molecule has 1 saturated heterocycles. The number of aromatic nitrogens is 4. The number of imidazole rings is 1. The fourth-order valence-electron chi connectivity index (χ4n) is 2.86. The highest BCUT2D eigenvalue weighted by molar-refractivity contribution is 7.11. The summed E-state index contributed by atoms with van der Waals surface area (Å²) in [5.41, 5.74) is 9.25. The number of aliphatic hydroxyl groups is 3. The Hall–Kier alpha value is -2.64. The van der Waals surface area contributed by atoms with Crippen LogP contribution in [0.2, 0.25) is 0 Å². The van der Waals surface area contributed by atoms with Gasteiger partial charge in [0.25, 0.3) is 0 Å². The third-order valence-electron chi connectivity index (χ3n) is 4.18. The maximum absolute atomic E-state index is 10.4. The zero-order valence-electron chi connectivity index (χ0n) is 13.9. The van der Waals surface area contributed by atoms with Gasteiger partial charge in [-0.1, -0.05) is 6.07 Å². The Balaban J connectivity index is 1.74. The van der Waals surface area contributed by atoms with Crippen LogP contribution in [-0.2, 0) is 4.74 Å². The molecule has 0 aliphatic carbocycles. The second kappa shape index (κ2) is 7.17. The van der Waals surface area contributed by atoms with Gasteiger partial charge in [0.15, 0.2) is 23.2 Å². The van der Waals surface area contributed by atoms with E-state index in [1.54, 1.807) is 6.21 Å². The molecular weight excluding hydrogens is 374 g/mol. The van der Waals surface area contributed by atoms with Gasteiger partial charge in [-0.3, -0.25) is 4.57 Å². The molecule has 4 heterocycles. The average Bonchev–Trinajstić information content (AvgIpc) is 3.36. The van der Waals surface area contributed by atoms with Gasteiger partial charge in [0.05, 0.1) is 12.8 Å². The molecule has 142 valence electrons. The fourth-order valence-corrected chi connectivity index (χ4v) is 3.44. The minimum atomic E-state index is -1.31. The Morgan fingerprint density at radius 1 is 1.37 bits per heavy atom. The molecule has 0 amide bonds. The normalized spacial score (nSPS) is 25.6. The van der Waals surface area contributed by atoms with Crippen molar-refractivity contribution in [1.29, 1.82) is 0 Å². The third kappa shape index (κ3) is 3.13. The van der Waals surface area contributed by atoms with Gasteiger partial charge in [0.2, 0.25) is 5.95 Å². The lowest BCUT2D eigenvalue weighted by Crippen LogP contribution is -2.33. The number of nitrogen functional groups attached to an aromatic ring is 1. The van der Waals surface area contributed by atoms with E-state index >= 15 is 0 Å².